The van der Waals surface area contributed by atoms with E-state index >= 15 is 0 Å². The number of benzene rings is 3. The Balaban J connectivity index is 1.39. The monoisotopic (exact) mass is 542 g/mol. The highest BCUT2D eigenvalue weighted by atomic mass is 16.5. The third-order valence-corrected chi connectivity index (χ3v) is 8.47. The summed E-state index contributed by atoms with van der Waals surface area (Å²) in [5.41, 5.74) is 5.32. The van der Waals surface area contributed by atoms with Gasteiger partial charge in [-0.05, 0) is 42.6 Å². The molecule has 0 saturated carbocycles. The molecule has 2 aliphatic rings. The summed E-state index contributed by atoms with van der Waals surface area (Å²) in [6.07, 6.45) is 6.42. The van der Waals surface area contributed by atoms with Crippen LogP contribution in [0.15, 0.2) is 114 Å². The lowest BCUT2D eigenvalue weighted by atomic mass is 9.83. The van der Waals surface area contributed by atoms with Gasteiger partial charge in [-0.25, -0.2) is 4.98 Å². The van der Waals surface area contributed by atoms with Gasteiger partial charge in [-0.1, -0.05) is 91.0 Å². The third kappa shape index (κ3) is 5.00. The lowest BCUT2D eigenvalue weighted by molar-refractivity contribution is 0.289. The van der Waals surface area contributed by atoms with E-state index in [9.17, 15) is 4.79 Å². The molecule has 0 bridgehead atoms. The lowest BCUT2D eigenvalue weighted by Crippen LogP contribution is -2.32. The second-order valence-electron chi connectivity index (χ2n) is 11.1. The van der Waals surface area contributed by atoms with Crippen molar-refractivity contribution in [1.82, 2.24) is 19.0 Å². The van der Waals surface area contributed by atoms with Gasteiger partial charge in [-0.15, -0.1) is 0 Å². The summed E-state index contributed by atoms with van der Waals surface area (Å²) in [5.74, 6) is 1.23. The highest BCUT2D eigenvalue weighted by molar-refractivity contribution is 5.63. The summed E-state index contributed by atoms with van der Waals surface area (Å²) in [4.78, 5) is 20.9. The molecule has 0 spiro atoms. The number of ether oxygens (including phenoxy) is 1. The minimum Gasteiger partial charge on any atom is -0.483 e. The van der Waals surface area contributed by atoms with Gasteiger partial charge in [0.25, 0.3) is 0 Å². The van der Waals surface area contributed by atoms with E-state index in [4.69, 9.17) is 9.72 Å². The molecule has 6 nitrogen and oxygen atoms in total. The molecule has 0 radical (unpaired) electrons. The van der Waals surface area contributed by atoms with Crippen molar-refractivity contribution >= 4 is 0 Å². The molecule has 2 aliphatic heterocycles. The highest BCUT2D eigenvalue weighted by Crippen LogP contribution is 2.44. The van der Waals surface area contributed by atoms with E-state index < -0.39 is 0 Å². The predicted molar refractivity (Wildman–Crippen MR) is 161 cm³/mol. The third-order valence-electron chi connectivity index (χ3n) is 8.47. The van der Waals surface area contributed by atoms with Crippen molar-refractivity contribution in [2.45, 2.75) is 44.5 Å². The molecule has 7 rings (SSSR count). The van der Waals surface area contributed by atoms with Crippen LogP contribution in [0.2, 0.25) is 0 Å². The fraction of sp³-hybridized carbons (Fsp3) is 0.257. The number of fused-ring (bicyclic) bond motifs is 3. The predicted octanol–water partition coefficient (Wildman–Crippen LogP) is 6.27. The molecule has 3 aromatic carbocycles. The summed E-state index contributed by atoms with van der Waals surface area (Å²) in [6.45, 7) is 4.16. The number of imidazole rings is 1. The van der Waals surface area contributed by atoms with E-state index in [0.717, 1.165) is 43.3 Å². The first-order valence-electron chi connectivity index (χ1n) is 14.5. The molecule has 4 heterocycles. The van der Waals surface area contributed by atoms with Gasteiger partial charge in [0.05, 0.1) is 17.9 Å². The Hall–Kier alpha value is -4.42. The number of hydrogen-bond donors (Lipinski definition) is 0. The Labute approximate surface area is 240 Å². The Morgan fingerprint density at radius 3 is 2.12 bits per heavy atom. The van der Waals surface area contributed by atoms with Crippen molar-refractivity contribution in [1.29, 1.82) is 0 Å². The van der Waals surface area contributed by atoms with Crippen molar-refractivity contribution < 1.29 is 4.74 Å². The van der Waals surface area contributed by atoms with Crippen LogP contribution in [-0.2, 0) is 19.7 Å². The van der Waals surface area contributed by atoms with E-state index in [1.54, 1.807) is 6.07 Å². The molecule has 206 valence electrons. The Morgan fingerprint density at radius 1 is 0.829 bits per heavy atom. The molecule has 0 aliphatic carbocycles. The van der Waals surface area contributed by atoms with E-state index in [2.05, 4.69) is 74.7 Å². The minimum atomic E-state index is -0.126. The molecular formula is C35H34N4O2. The number of pyridine rings is 1. The van der Waals surface area contributed by atoms with Gasteiger partial charge in [0.2, 0.25) is 5.43 Å². The second kappa shape index (κ2) is 11.2. The summed E-state index contributed by atoms with van der Waals surface area (Å²) < 4.78 is 10.9. The van der Waals surface area contributed by atoms with E-state index in [1.165, 1.54) is 29.7 Å². The van der Waals surface area contributed by atoms with Crippen molar-refractivity contribution in [2.75, 3.05) is 13.1 Å². The van der Waals surface area contributed by atoms with Gasteiger partial charge >= 0.3 is 0 Å². The minimum absolute atomic E-state index is 0.00787. The standard InChI is InChI=1S/C35H34N4O2/c40-31-18-21-38-30(32(27-14-6-2-7-15-27)28-16-8-3-9-17-28)24-39-29(23-37-19-10-11-20-37)22-36-35(39)33(38)34(31)41-25-26-12-4-1-5-13-26/h1-9,12-18,21-22,30,32H,10-11,19-20,23-25H2/t30-/m1/s1. The van der Waals surface area contributed by atoms with Gasteiger partial charge in [0.1, 0.15) is 12.3 Å². The zero-order valence-corrected chi connectivity index (χ0v) is 23.1. The quantitative estimate of drug-likeness (QED) is 0.232. The van der Waals surface area contributed by atoms with E-state index in [-0.39, 0.29) is 17.4 Å². The number of aromatic nitrogens is 3. The highest BCUT2D eigenvalue weighted by Gasteiger charge is 2.36. The van der Waals surface area contributed by atoms with Crippen LogP contribution >= 0.6 is 0 Å². The molecule has 5 aromatic rings. The normalized spacial score (nSPS) is 16.5. The maximum absolute atomic E-state index is 13.4. The van der Waals surface area contributed by atoms with Crippen LogP contribution in [0.1, 0.15) is 47.2 Å². The molecule has 0 amide bonds. The van der Waals surface area contributed by atoms with Crippen molar-refractivity contribution in [3.05, 3.63) is 142 Å². The number of rotatable bonds is 8. The van der Waals surface area contributed by atoms with Gasteiger partial charge in [-0.3, -0.25) is 9.69 Å². The fourth-order valence-electron chi connectivity index (χ4n) is 6.49. The van der Waals surface area contributed by atoms with Crippen LogP contribution in [0.4, 0.5) is 0 Å². The van der Waals surface area contributed by atoms with Gasteiger partial charge in [0.15, 0.2) is 11.6 Å². The van der Waals surface area contributed by atoms with Crippen LogP contribution < -0.4 is 10.2 Å². The molecule has 6 heteroatoms. The first-order valence-corrected chi connectivity index (χ1v) is 14.5. The molecule has 1 atom stereocenters. The Kier molecular flexibility index (Phi) is 6.99. The van der Waals surface area contributed by atoms with Crippen molar-refractivity contribution in [3.63, 3.8) is 0 Å². The SMILES string of the molecule is O=c1ccn2c(c1OCc1ccccc1)-c1ncc(CN3CCCC3)n1C[C@@H]2C(c1ccccc1)c1ccccc1. The average Bonchev–Trinajstić information content (AvgIpc) is 3.69. The largest absolute Gasteiger partial charge is 0.483 e. The van der Waals surface area contributed by atoms with Crippen LogP contribution in [-0.4, -0.2) is 32.1 Å². The van der Waals surface area contributed by atoms with Gasteiger partial charge in [0, 0.05) is 31.3 Å². The lowest BCUT2D eigenvalue weighted by Gasteiger charge is -2.37. The molecule has 1 saturated heterocycles. The van der Waals surface area contributed by atoms with E-state index in [1.807, 2.05) is 42.7 Å². The summed E-state index contributed by atoms with van der Waals surface area (Å²) in [6, 6.07) is 33.1. The van der Waals surface area contributed by atoms with Crippen LogP contribution in [0.3, 0.4) is 0 Å². The Morgan fingerprint density at radius 2 is 1.46 bits per heavy atom. The topological polar surface area (TPSA) is 52.3 Å². The molecule has 0 unspecified atom stereocenters. The first kappa shape index (κ1) is 25.5. The number of hydrogen-bond acceptors (Lipinski definition) is 4. The zero-order chi connectivity index (χ0) is 27.6. The molecule has 0 N–H and O–H groups in total. The fourth-order valence-corrected chi connectivity index (χ4v) is 6.49. The van der Waals surface area contributed by atoms with Gasteiger partial charge < -0.3 is 13.9 Å². The van der Waals surface area contributed by atoms with Crippen LogP contribution in [0.5, 0.6) is 5.75 Å². The summed E-state index contributed by atoms with van der Waals surface area (Å²) in [7, 11) is 0. The maximum atomic E-state index is 13.4. The zero-order valence-electron chi connectivity index (χ0n) is 23.1. The van der Waals surface area contributed by atoms with Crippen molar-refractivity contribution in [2.24, 2.45) is 0 Å². The van der Waals surface area contributed by atoms with Gasteiger partial charge in [-0.2, -0.15) is 0 Å². The summed E-state index contributed by atoms with van der Waals surface area (Å²) in [5, 5.41) is 0. The van der Waals surface area contributed by atoms with Crippen LogP contribution in [0, 0.1) is 0 Å². The smallest absolute Gasteiger partial charge is 0.224 e. The Bertz CT molecular complexity index is 1630. The molecule has 2 aromatic heterocycles. The van der Waals surface area contributed by atoms with Crippen molar-refractivity contribution in [3.8, 4) is 17.3 Å². The van der Waals surface area contributed by atoms with E-state index in [0.29, 0.717) is 12.4 Å². The summed E-state index contributed by atoms with van der Waals surface area (Å²) >= 11 is 0. The first-order chi connectivity index (χ1) is 20.3. The van der Waals surface area contributed by atoms with Crippen LogP contribution in [0.25, 0.3) is 11.5 Å². The number of likely N-dealkylation sites (tertiary alicyclic amines) is 1. The molecular weight excluding hydrogens is 508 g/mol. The molecule has 1 fully saturated rings. The molecule has 41 heavy (non-hydrogen) atoms. The number of nitrogens with zero attached hydrogens (tertiary/aromatic N) is 4. The second-order valence-corrected chi connectivity index (χ2v) is 11.1. The maximum Gasteiger partial charge on any atom is 0.224 e. The average molecular weight is 543 g/mol.